The molecule has 10 heteroatoms. The van der Waals surface area contributed by atoms with Gasteiger partial charge in [-0.25, -0.2) is 4.79 Å². The van der Waals surface area contributed by atoms with E-state index >= 15 is 0 Å². The summed E-state index contributed by atoms with van der Waals surface area (Å²) in [5.41, 5.74) is 1.49. The normalized spacial score (nSPS) is 11.0. The molecule has 158 valence electrons. The number of alkyl halides is 2. The van der Waals surface area contributed by atoms with Crippen LogP contribution in [-0.2, 0) is 14.3 Å². The Hall–Kier alpha value is -2.20. The number of rotatable bonds is 8. The van der Waals surface area contributed by atoms with Gasteiger partial charge in [0.25, 0.3) is 0 Å². The molecule has 1 aromatic heterocycles. The summed E-state index contributed by atoms with van der Waals surface area (Å²) >= 11 is 6.18. The van der Waals surface area contributed by atoms with Gasteiger partial charge in [0.15, 0.2) is 5.69 Å². The Morgan fingerprint density at radius 3 is 2.28 bits per heavy atom. The molecule has 0 fully saturated rings. The number of benzene rings is 1. The SMILES string of the molecule is COC(=O)c1nn(C(C)c2ccccc2)cc1NC(=O)CCBr.O=C(O)CCBr. The molecule has 0 aliphatic heterocycles. The number of aromatic nitrogens is 2. The van der Waals surface area contributed by atoms with Crippen LogP contribution in [0.2, 0.25) is 0 Å². The lowest BCUT2D eigenvalue weighted by atomic mass is 10.1. The van der Waals surface area contributed by atoms with E-state index in [1.807, 2.05) is 37.3 Å². The number of carboxylic acids is 1. The van der Waals surface area contributed by atoms with Gasteiger partial charge >= 0.3 is 11.9 Å². The number of carbonyl (C=O) groups excluding carboxylic acids is 2. The lowest BCUT2D eigenvalue weighted by Crippen LogP contribution is -2.14. The molecule has 1 heterocycles. The van der Waals surface area contributed by atoms with Crippen LogP contribution >= 0.6 is 31.9 Å². The van der Waals surface area contributed by atoms with Gasteiger partial charge in [0.2, 0.25) is 5.91 Å². The van der Waals surface area contributed by atoms with Gasteiger partial charge in [0, 0.05) is 17.1 Å². The van der Waals surface area contributed by atoms with Gasteiger partial charge in [0.05, 0.1) is 31.5 Å². The van der Waals surface area contributed by atoms with E-state index in [-0.39, 0.29) is 24.1 Å². The highest BCUT2D eigenvalue weighted by molar-refractivity contribution is 9.09. The second kappa shape index (κ2) is 13.1. The zero-order valence-electron chi connectivity index (χ0n) is 16.1. The van der Waals surface area contributed by atoms with Crippen molar-refractivity contribution in [2.75, 3.05) is 23.1 Å². The first kappa shape index (κ1) is 24.8. The van der Waals surface area contributed by atoms with E-state index in [1.54, 1.807) is 10.9 Å². The fraction of sp³-hybridized carbons (Fsp3) is 0.368. The monoisotopic (exact) mass is 531 g/mol. The molecule has 2 rings (SSSR count). The number of esters is 1. The minimum atomic E-state index is -0.758. The van der Waals surface area contributed by atoms with E-state index in [2.05, 4.69) is 42.3 Å². The molecule has 2 N–H and O–H groups in total. The summed E-state index contributed by atoms with van der Waals surface area (Å²) in [6.45, 7) is 1.97. The van der Waals surface area contributed by atoms with Crippen LogP contribution in [0.5, 0.6) is 0 Å². The standard InChI is InChI=1S/C16H18BrN3O3.C3H5BrO2/c1-11(12-6-4-3-5-7-12)20-10-13(18-14(21)8-9-17)15(19-20)16(22)23-2;4-2-1-3(5)6/h3-7,10-11H,8-9H2,1-2H3,(H,18,21);1-2H2,(H,5,6). The number of carboxylic acid groups (broad SMARTS) is 1. The maximum atomic E-state index is 11.9. The second-order valence-electron chi connectivity index (χ2n) is 5.77. The zero-order valence-corrected chi connectivity index (χ0v) is 19.3. The highest BCUT2D eigenvalue weighted by Gasteiger charge is 2.21. The Morgan fingerprint density at radius 1 is 1.17 bits per heavy atom. The Bertz CT molecular complexity index is 811. The van der Waals surface area contributed by atoms with Gasteiger partial charge in [-0.1, -0.05) is 62.2 Å². The average Bonchev–Trinajstić information content (AvgIpc) is 3.11. The van der Waals surface area contributed by atoms with Crippen LogP contribution in [0, 0.1) is 0 Å². The number of aliphatic carboxylic acids is 1. The lowest BCUT2D eigenvalue weighted by Gasteiger charge is -2.12. The first-order valence-corrected chi connectivity index (χ1v) is 10.9. The van der Waals surface area contributed by atoms with Crippen LogP contribution in [0.1, 0.15) is 41.9 Å². The number of nitrogens with one attached hydrogen (secondary N) is 1. The lowest BCUT2D eigenvalue weighted by molar-refractivity contribution is -0.136. The first-order valence-electron chi connectivity index (χ1n) is 8.70. The van der Waals surface area contributed by atoms with Crippen LogP contribution in [0.15, 0.2) is 36.5 Å². The first-order chi connectivity index (χ1) is 13.8. The number of hydrogen-bond donors (Lipinski definition) is 2. The molecule has 0 spiro atoms. The molecule has 1 atom stereocenters. The summed E-state index contributed by atoms with van der Waals surface area (Å²) in [5, 5.41) is 16.0. The quantitative estimate of drug-likeness (QED) is 0.394. The zero-order chi connectivity index (χ0) is 21.8. The van der Waals surface area contributed by atoms with Crippen molar-refractivity contribution < 1.29 is 24.2 Å². The predicted molar refractivity (Wildman–Crippen MR) is 117 cm³/mol. The van der Waals surface area contributed by atoms with Crippen molar-refractivity contribution in [3.8, 4) is 0 Å². The van der Waals surface area contributed by atoms with E-state index in [0.29, 0.717) is 22.8 Å². The third-order valence-corrected chi connectivity index (χ3v) is 4.49. The minimum absolute atomic E-state index is 0.0820. The molecule has 8 nitrogen and oxygen atoms in total. The maximum Gasteiger partial charge on any atom is 0.360 e. The number of halogens is 2. The summed E-state index contributed by atoms with van der Waals surface area (Å²) in [6.07, 6.45) is 2.16. The molecule has 0 aliphatic carbocycles. The van der Waals surface area contributed by atoms with Crippen LogP contribution in [-0.4, -0.2) is 50.5 Å². The van der Waals surface area contributed by atoms with Crippen molar-refractivity contribution >= 4 is 55.4 Å². The summed E-state index contributed by atoms with van der Waals surface area (Å²) < 4.78 is 6.39. The fourth-order valence-corrected chi connectivity index (χ4v) is 2.89. The number of hydrogen-bond acceptors (Lipinski definition) is 5. The number of nitrogens with zero attached hydrogens (tertiary/aromatic N) is 2. The Kier molecular flexibility index (Phi) is 11.2. The number of amides is 1. The smallest absolute Gasteiger partial charge is 0.360 e. The third kappa shape index (κ3) is 8.36. The van der Waals surface area contributed by atoms with Crippen LogP contribution in [0.25, 0.3) is 0 Å². The fourth-order valence-electron chi connectivity index (χ4n) is 2.19. The van der Waals surface area contributed by atoms with Crippen molar-refractivity contribution in [1.82, 2.24) is 9.78 Å². The van der Waals surface area contributed by atoms with Gasteiger partial charge in [-0.2, -0.15) is 5.10 Å². The molecule has 0 radical (unpaired) electrons. The maximum absolute atomic E-state index is 11.9. The van der Waals surface area contributed by atoms with E-state index in [9.17, 15) is 14.4 Å². The van der Waals surface area contributed by atoms with Crippen molar-refractivity contribution in [3.05, 3.63) is 47.8 Å². The molecule has 1 aromatic carbocycles. The highest BCUT2D eigenvalue weighted by Crippen LogP contribution is 2.22. The molecule has 0 saturated heterocycles. The largest absolute Gasteiger partial charge is 0.481 e. The second-order valence-corrected chi connectivity index (χ2v) is 7.36. The summed E-state index contributed by atoms with van der Waals surface area (Å²) in [5.74, 6) is -1.54. The van der Waals surface area contributed by atoms with E-state index in [4.69, 9.17) is 9.84 Å². The topological polar surface area (TPSA) is 111 Å². The van der Waals surface area contributed by atoms with Crippen molar-refractivity contribution in [2.24, 2.45) is 0 Å². The molecule has 0 bridgehead atoms. The molecule has 0 aliphatic rings. The van der Waals surface area contributed by atoms with Gasteiger partial charge < -0.3 is 15.2 Å². The molecule has 29 heavy (non-hydrogen) atoms. The van der Waals surface area contributed by atoms with Crippen molar-refractivity contribution in [3.63, 3.8) is 0 Å². The van der Waals surface area contributed by atoms with Gasteiger partial charge in [-0.05, 0) is 12.5 Å². The molecule has 2 aromatic rings. The van der Waals surface area contributed by atoms with Gasteiger partial charge in [-0.15, -0.1) is 0 Å². The Labute approximate surface area is 185 Å². The Morgan fingerprint density at radius 2 is 1.79 bits per heavy atom. The number of carbonyl (C=O) groups is 3. The average molecular weight is 533 g/mol. The summed E-state index contributed by atoms with van der Waals surface area (Å²) in [7, 11) is 1.28. The highest BCUT2D eigenvalue weighted by atomic mass is 79.9. The minimum Gasteiger partial charge on any atom is -0.481 e. The Balaban J connectivity index is 0.000000612. The van der Waals surface area contributed by atoms with E-state index in [1.165, 1.54) is 7.11 Å². The summed E-state index contributed by atoms with van der Waals surface area (Å²) in [4.78, 5) is 33.3. The van der Waals surface area contributed by atoms with E-state index < -0.39 is 11.9 Å². The van der Waals surface area contributed by atoms with Gasteiger partial charge in [-0.3, -0.25) is 14.3 Å². The van der Waals surface area contributed by atoms with Crippen LogP contribution in [0.3, 0.4) is 0 Å². The molecule has 1 amide bonds. The molecular weight excluding hydrogens is 510 g/mol. The third-order valence-electron chi connectivity index (χ3n) is 3.69. The van der Waals surface area contributed by atoms with Crippen LogP contribution < -0.4 is 5.32 Å². The predicted octanol–water partition coefficient (Wildman–Crippen LogP) is 3.86. The molecule has 0 saturated carbocycles. The molecular formula is C19H23Br2N3O5. The van der Waals surface area contributed by atoms with Crippen molar-refractivity contribution in [1.29, 1.82) is 0 Å². The van der Waals surface area contributed by atoms with Gasteiger partial charge in [0.1, 0.15) is 0 Å². The van der Waals surface area contributed by atoms with Crippen molar-refractivity contribution in [2.45, 2.75) is 25.8 Å². The van der Waals surface area contributed by atoms with Crippen LogP contribution in [0.4, 0.5) is 5.69 Å². The van der Waals surface area contributed by atoms with E-state index in [0.717, 1.165) is 5.56 Å². The number of methoxy groups -OCH3 is 1. The number of ether oxygens (including phenoxy) is 1. The number of anilines is 1. The molecule has 1 unspecified atom stereocenters. The summed E-state index contributed by atoms with van der Waals surface area (Å²) in [6, 6.07) is 9.69.